The summed E-state index contributed by atoms with van der Waals surface area (Å²) in [4.78, 5) is 42.1. The Hall–Kier alpha value is -2.87. The first kappa shape index (κ1) is 21.8. The van der Waals surface area contributed by atoms with Crippen molar-refractivity contribution in [2.45, 2.75) is 57.7 Å². The molecule has 3 atom stereocenters. The first-order valence-electron chi connectivity index (χ1n) is 10.4. The maximum Gasteiger partial charge on any atom is 0.326 e. The van der Waals surface area contributed by atoms with Crippen LogP contribution in [0, 0.1) is 5.92 Å². The molecule has 3 rings (SSSR count). The number of nitrogens with zero attached hydrogens (tertiary/aromatic N) is 1. The van der Waals surface area contributed by atoms with E-state index in [4.69, 9.17) is 5.73 Å². The zero-order valence-electron chi connectivity index (χ0n) is 17.4. The third-order valence-electron chi connectivity index (χ3n) is 5.60. The Bertz CT molecular complexity index is 923. The van der Waals surface area contributed by atoms with Crippen LogP contribution in [0.25, 0.3) is 10.9 Å². The van der Waals surface area contributed by atoms with Crippen LogP contribution >= 0.6 is 0 Å². The summed E-state index contributed by atoms with van der Waals surface area (Å²) in [5.74, 6) is -1.55. The van der Waals surface area contributed by atoms with E-state index in [1.54, 1.807) is 0 Å². The van der Waals surface area contributed by atoms with Gasteiger partial charge < -0.3 is 26.0 Å². The van der Waals surface area contributed by atoms with Crippen LogP contribution in [-0.2, 0) is 20.8 Å². The molecule has 1 aromatic heterocycles. The highest BCUT2D eigenvalue weighted by molar-refractivity contribution is 5.93. The van der Waals surface area contributed by atoms with Crippen LogP contribution in [0.1, 0.15) is 38.7 Å². The van der Waals surface area contributed by atoms with E-state index in [-0.39, 0.29) is 18.2 Å². The predicted octanol–water partition coefficient (Wildman–Crippen LogP) is 1.64. The summed E-state index contributed by atoms with van der Waals surface area (Å²) in [5, 5.41) is 13.2. The lowest BCUT2D eigenvalue weighted by Gasteiger charge is -2.28. The lowest BCUT2D eigenvalue weighted by atomic mass is 10.0. The molecule has 162 valence electrons. The number of aromatic nitrogens is 1. The molecule has 2 heterocycles. The van der Waals surface area contributed by atoms with Gasteiger partial charge in [0, 0.05) is 30.1 Å². The molecule has 1 aromatic carbocycles. The Labute approximate surface area is 175 Å². The second kappa shape index (κ2) is 9.30. The summed E-state index contributed by atoms with van der Waals surface area (Å²) < 4.78 is 0. The second-order valence-electron chi connectivity index (χ2n) is 8.39. The summed E-state index contributed by atoms with van der Waals surface area (Å²) in [7, 11) is 0. The molecule has 5 N–H and O–H groups in total. The summed E-state index contributed by atoms with van der Waals surface area (Å²) in [6, 6.07) is 5.25. The fourth-order valence-electron chi connectivity index (χ4n) is 4.10. The molecule has 1 aliphatic rings. The normalized spacial score (nSPS) is 18.5. The van der Waals surface area contributed by atoms with Gasteiger partial charge in [-0.2, -0.15) is 0 Å². The maximum absolute atomic E-state index is 13.3. The number of carboxylic acids is 1. The highest BCUT2D eigenvalue weighted by atomic mass is 16.4. The largest absolute Gasteiger partial charge is 0.480 e. The molecule has 0 aliphatic carbocycles. The molecule has 0 unspecified atom stereocenters. The first-order chi connectivity index (χ1) is 14.3. The van der Waals surface area contributed by atoms with Crippen molar-refractivity contribution in [2.24, 2.45) is 11.7 Å². The molecule has 1 fully saturated rings. The SMILES string of the molecule is CC(C)C[C@H](N)C(=O)N[C@@H](Cc1c[nH]c2ccccc12)C(=O)N1CCC[C@@H]1C(=O)O. The smallest absolute Gasteiger partial charge is 0.326 e. The standard InChI is InChI=1S/C22H30N4O4/c1-13(2)10-16(23)20(27)25-18(21(28)26-9-5-8-19(26)22(29)30)11-14-12-24-17-7-4-3-6-15(14)17/h3-4,6-7,12-13,16,18-19,24H,5,8-11,23H2,1-2H3,(H,25,27)(H,29,30)/t16-,18-,19+/m0/s1. The van der Waals surface area contributed by atoms with Crippen LogP contribution in [0.3, 0.4) is 0 Å². The zero-order chi connectivity index (χ0) is 21.8. The van der Waals surface area contributed by atoms with Crippen LogP contribution in [-0.4, -0.2) is 57.4 Å². The number of carbonyl (C=O) groups excluding carboxylic acids is 2. The van der Waals surface area contributed by atoms with Crippen molar-refractivity contribution in [2.75, 3.05) is 6.54 Å². The quantitative estimate of drug-likeness (QED) is 0.522. The van der Waals surface area contributed by atoms with Gasteiger partial charge >= 0.3 is 5.97 Å². The summed E-state index contributed by atoms with van der Waals surface area (Å²) in [6.45, 7) is 4.32. The molecule has 1 saturated heterocycles. The van der Waals surface area contributed by atoms with Crippen LogP contribution in [0.5, 0.6) is 0 Å². The Morgan fingerprint density at radius 3 is 2.73 bits per heavy atom. The van der Waals surface area contributed by atoms with Crippen molar-refractivity contribution >= 4 is 28.7 Å². The van der Waals surface area contributed by atoms with Gasteiger partial charge in [0.15, 0.2) is 0 Å². The van der Waals surface area contributed by atoms with E-state index in [9.17, 15) is 19.5 Å². The van der Waals surface area contributed by atoms with Gasteiger partial charge in [-0.1, -0.05) is 32.0 Å². The van der Waals surface area contributed by atoms with E-state index < -0.39 is 30.0 Å². The number of likely N-dealkylation sites (tertiary alicyclic amines) is 1. The third kappa shape index (κ3) is 4.81. The average molecular weight is 415 g/mol. The molecule has 0 saturated carbocycles. The number of hydrogen-bond donors (Lipinski definition) is 4. The number of benzene rings is 1. The molecule has 8 nitrogen and oxygen atoms in total. The number of para-hydroxylation sites is 1. The number of nitrogens with one attached hydrogen (secondary N) is 2. The van der Waals surface area contributed by atoms with Gasteiger partial charge in [0.1, 0.15) is 12.1 Å². The van der Waals surface area contributed by atoms with Crippen LogP contribution < -0.4 is 11.1 Å². The molecule has 1 aliphatic heterocycles. The molecule has 0 radical (unpaired) electrons. The minimum Gasteiger partial charge on any atom is -0.480 e. The summed E-state index contributed by atoms with van der Waals surface area (Å²) in [5.41, 5.74) is 7.84. The van der Waals surface area contributed by atoms with Gasteiger partial charge in [0.25, 0.3) is 0 Å². The summed E-state index contributed by atoms with van der Waals surface area (Å²) in [6.07, 6.45) is 3.63. The molecule has 2 aromatic rings. The number of carbonyl (C=O) groups is 3. The van der Waals surface area contributed by atoms with Crippen LogP contribution in [0.4, 0.5) is 0 Å². The molecule has 0 spiro atoms. The van der Waals surface area contributed by atoms with Gasteiger partial charge in [-0.15, -0.1) is 0 Å². The number of H-pyrrole nitrogens is 1. The van der Waals surface area contributed by atoms with Crippen molar-refractivity contribution in [3.63, 3.8) is 0 Å². The zero-order valence-corrected chi connectivity index (χ0v) is 17.4. The highest BCUT2D eigenvalue weighted by Gasteiger charge is 2.38. The lowest BCUT2D eigenvalue weighted by Crippen LogP contribution is -2.55. The molecule has 8 heteroatoms. The Balaban J connectivity index is 1.85. The fourth-order valence-corrected chi connectivity index (χ4v) is 4.10. The Kier molecular flexibility index (Phi) is 6.77. The summed E-state index contributed by atoms with van der Waals surface area (Å²) >= 11 is 0. The number of nitrogens with two attached hydrogens (primary N) is 1. The number of carboxylic acid groups (broad SMARTS) is 1. The number of rotatable bonds is 8. The van der Waals surface area contributed by atoms with Crippen molar-refractivity contribution < 1.29 is 19.5 Å². The fraction of sp³-hybridized carbons (Fsp3) is 0.500. The van der Waals surface area contributed by atoms with E-state index in [0.717, 1.165) is 16.5 Å². The number of hydrogen-bond acceptors (Lipinski definition) is 4. The molecular weight excluding hydrogens is 384 g/mol. The molecular formula is C22H30N4O4. The van der Waals surface area contributed by atoms with Crippen molar-refractivity contribution in [1.82, 2.24) is 15.2 Å². The van der Waals surface area contributed by atoms with Crippen molar-refractivity contribution in [3.8, 4) is 0 Å². The van der Waals surface area contributed by atoms with Gasteiger partial charge in [0.05, 0.1) is 6.04 Å². The molecule has 30 heavy (non-hydrogen) atoms. The van der Waals surface area contributed by atoms with E-state index in [1.807, 2.05) is 44.3 Å². The monoisotopic (exact) mass is 414 g/mol. The number of amides is 2. The predicted molar refractivity (Wildman–Crippen MR) is 114 cm³/mol. The maximum atomic E-state index is 13.3. The van der Waals surface area contributed by atoms with Gasteiger partial charge in [0.2, 0.25) is 11.8 Å². The number of aromatic amines is 1. The van der Waals surface area contributed by atoms with E-state index in [0.29, 0.717) is 25.8 Å². The lowest BCUT2D eigenvalue weighted by molar-refractivity contribution is -0.149. The average Bonchev–Trinajstić information content (AvgIpc) is 3.34. The van der Waals surface area contributed by atoms with E-state index in [1.165, 1.54) is 4.90 Å². The Morgan fingerprint density at radius 2 is 2.03 bits per heavy atom. The second-order valence-corrected chi connectivity index (χ2v) is 8.39. The Morgan fingerprint density at radius 1 is 1.30 bits per heavy atom. The number of fused-ring (bicyclic) bond motifs is 1. The van der Waals surface area contributed by atoms with Crippen molar-refractivity contribution in [3.05, 3.63) is 36.0 Å². The first-order valence-corrected chi connectivity index (χ1v) is 10.4. The minimum absolute atomic E-state index is 0.239. The third-order valence-corrected chi connectivity index (χ3v) is 5.60. The van der Waals surface area contributed by atoms with E-state index in [2.05, 4.69) is 10.3 Å². The van der Waals surface area contributed by atoms with Gasteiger partial charge in [-0.25, -0.2) is 4.79 Å². The molecule has 0 bridgehead atoms. The number of aliphatic carboxylic acids is 1. The molecule has 2 amide bonds. The van der Waals surface area contributed by atoms with E-state index >= 15 is 0 Å². The topological polar surface area (TPSA) is 129 Å². The van der Waals surface area contributed by atoms with Crippen LogP contribution in [0.15, 0.2) is 30.5 Å². The van der Waals surface area contributed by atoms with Gasteiger partial charge in [-0.05, 0) is 36.8 Å². The highest BCUT2D eigenvalue weighted by Crippen LogP contribution is 2.23. The van der Waals surface area contributed by atoms with Crippen molar-refractivity contribution in [1.29, 1.82) is 0 Å². The minimum atomic E-state index is -1.02. The van der Waals surface area contributed by atoms with Crippen LogP contribution in [0.2, 0.25) is 0 Å². The van der Waals surface area contributed by atoms with Gasteiger partial charge in [-0.3, -0.25) is 9.59 Å².